The molecule has 0 aliphatic heterocycles. The Morgan fingerprint density at radius 2 is 1.21 bits per heavy atom. The van der Waals surface area contributed by atoms with Crippen LogP contribution in [0, 0.1) is 0 Å². The first-order valence-corrected chi connectivity index (χ1v) is 6.46. The minimum Gasteiger partial charge on any atom is -0.279 e. The van der Waals surface area contributed by atoms with Crippen LogP contribution in [-0.4, -0.2) is 45.7 Å². The smallest absolute Gasteiger partial charge is 0.279 e. The summed E-state index contributed by atoms with van der Waals surface area (Å²) in [7, 11) is -11.4. The molecule has 0 heterocycles. The maximum absolute atomic E-state index is 11.3. The maximum Gasteiger partial charge on any atom is 0.523 e. The average molecular weight is 346 g/mol. The summed E-state index contributed by atoms with van der Waals surface area (Å²) in [5, 5.41) is 0. The molecule has 0 unspecified atom stereocenters. The lowest BCUT2D eigenvalue weighted by atomic mass is 10.9. The highest BCUT2D eigenvalue weighted by Crippen LogP contribution is 2.24. The molecule has 0 radical (unpaired) electrons. The Morgan fingerprint density at radius 1 is 0.895 bits per heavy atom. The third-order valence-electron chi connectivity index (χ3n) is 0.892. The molecule has 0 aliphatic carbocycles. The van der Waals surface area contributed by atoms with E-state index in [1.54, 1.807) is 0 Å². The normalized spacial score (nSPS) is 13.7. The Hall–Kier alpha value is -0.670. The lowest BCUT2D eigenvalue weighted by molar-refractivity contribution is -0.0544. The van der Waals surface area contributed by atoms with Crippen LogP contribution in [0.2, 0.25) is 0 Å². The zero-order chi connectivity index (χ0) is 16.1. The fourth-order valence-electron chi connectivity index (χ4n) is 0.208. The van der Waals surface area contributed by atoms with E-state index in [1.165, 1.54) is 0 Å². The molecule has 0 aromatic rings. The Labute approximate surface area is 102 Å². The van der Waals surface area contributed by atoms with E-state index < -0.39 is 44.5 Å². The fraction of sp³-hybridized carbons (Fsp3) is 1.00. The van der Waals surface area contributed by atoms with Gasteiger partial charge in [-0.2, -0.15) is 43.2 Å². The van der Waals surface area contributed by atoms with Crippen LogP contribution in [0.4, 0.5) is 30.7 Å². The van der Waals surface area contributed by atoms with Crippen molar-refractivity contribution in [3.05, 3.63) is 0 Å². The van der Waals surface area contributed by atoms with Crippen molar-refractivity contribution in [2.24, 2.45) is 0 Å². The molecule has 6 nitrogen and oxygen atoms in total. The Bertz CT molecular complexity index is 459. The summed E-state index contributed by atoms with van der Waals surface area (Å²) in [6.07, 6.45) is 0. The Kier molecular flexibility index (Phi) is 7.24. The Morgan fingerprint density at radius 3 is 1.37 bits per heavy atom. The molecule has 0 atom stereocenters. The molecule has 0 aliphatic rings. The van der Waals surface area contributed by atoms with Crippen molar-refractivity contribution in [2.75, 3.05) is 13.3 Å². The number of hydrogen-bond acceptors (Lipinski definition) is 5. The highest BCUT2D eigenvalue weighted by atomic mass is 32.2. The molecule has 0 spiro atoms. The molecule has 1 N–H and O–H groups in total. The molecule has 0 fully saturated rings. The minimum atomic E-state index is -5.84. The van der Waals surface area contributed by atoms with Crippen LogP contribution in [0.15, 0.2) is 0 Å². The quantitative estimate of drug-likeness (QED) is 0.357. The number of alkyl halides is 7. The van der Waals surface area contributed by atoms with Crippen LogP contribution >= 0.6 is 0 Å². The predicted molar refractivity (Wildman–Crippen MR) is 44.5 cm³/mol. The van der Waals surface area contributed by atoms with Crippen LogP contribution in [0.3, 0.4) is 0 Å². The first kappa shape index (κ1) is 20.6. The van der Waals surface area contributed by atoms with Gasteiger partial charge in [-0.15, -0.1) is 0 Å². The lowest BCUT2D eigenvalue weighted by Gasteiger charge is -2.05. The largest absolute Gasteiger partial charge is 0.523 e. The number of hydrogen-bond donors (Lipinski definition) is 1. The summed E-state index contributed by atoms with van der Waals surface area (Å²) in [4.78, 5) is 0. The SMILES string of the molecule is O=S(=O)(O)C(F)(F)F.O=S(=O)(OCCF)C(F)(F)F. The van der Waals surface area contributed by atoms with E-state index in [2.05, 4.69) is 4.18 Å². The maximum atomic E-state index is 11.3. The van der Waals surface area contributed by atoms with Crippen LogP contribution < -0.4 is 0 Å². The zero-order valence-corrected chi connectivity index (χ0v) is 10.00. The summed E-state index contributed by atoms with van der Waals surface area (Å²) in [5.41, 5.74) is -11.0. The summed E-state index contributed by atoms with van der Waals surface area (Å²) < 4.78 is 126. The number of halogens is 7. The number of rotatable bonds is 3. The molecule has 19 heavy (non-hydrogen) atoms. The highest BCUT2D eigenvalue weighted by Gasteiger charge is 2.47. The van der Waals surface area contributed by atoms with E-state index in [9.17, 15) is 39.2 Å². The molecule has 0 saturated heterocycles. The molecule has 0 rings (SSSR count). The first-order chi connectivity index (χ1) is 8.06. The van der Waals surface area contributed by atoms with Crippen molar-refractivity contribution in [1.82, 2.24) is 0 Å². The first-order valence-electron chi connectivity index (χ1n) is 3.61. The van der Waals surface area contributed by atoms with Gasteiger partial charge < -0.3 is 0 Å². The zero-order valence-electron chi connectivity index (χ0n) is 8.36. The topological polar surface area (TPSA) is 97.7 Å². The molecule has 0 aromatic carbocycles. The summed E-state index contributed by atoms with van der Waals surface area (Å²) >= 11 is 0. The second kappa shape index (κ2) is 6.67. The molecule has 15 heteroatoms. The summed E-state index contributed by atoms with van der Waals surface area (Å²) in [6, 6.07) is 0. The molecule has 0 bridgehead atoms. The summed E-state index contributed by atoms with van der Waals surface area (Å²) in [6.45, 7) is -2.39. The third kappa shape index (κ3) is 8.17. The highest BCUT2D eigenvalue weighted by molar-refractivity contribution is 7.87. The predicted octanol–water partition coefficient (Wildman–Crippen LogP) is 1.22. The molecule has 0 aromatic heterocycles. The standard InChI is InChI=1S/C3H4F4O3S.CHF3O3S/c4-1-2-10-11(8,9)3(5,6)7;2-1(3,4)8(5,6)7/h1-2H2;(H,5,6,7). The molecular weight excluding hydrogens is 341 g/mol. The van der Waals surface area contributed by atoms with Crippen LogP contribution in [0.1, 0.15) is 0 Å². The minimum absolute atomic E-state index is 1.11. The van der Waals surface area contributed by atoms with Gasteiger partial charge in [0.2, 0.25) is 0 Å². The molecule has 118 valence electrons. The van der Waals surface area contributed by atoms with E-state index >= 15 is 0 Å². The van der Waals surface area contributed by atoms with E-state index in [-0.39, 0.29) is 0 Å². The van der Waals surface area contributed by atoms with Crippen molar-refractivity contribution >= 4 is 20.2 Å². The second-order valence-electron chi connectivity index (χ2n) is 2.33. The van der Waals surface area contributed by atoms with Crippen molar-refractivity contribution in [2.45, 2.75) is 11.0 Å². The van der Waals surface area contributed by atoms with Gasteiger partial charge in [0, 0.05) is 0 Å². The van der Waals surface area contributed by atoms with Crippen molar-refractivity contribution in [1.29, 1.82) is 0 Å². The van der Waals surface area contributed by atoms with Gasteiger partial charge in [0.1, 0.15) is 6.67 Å². The lowest BCUT2D eigenvalue weighted by Crippen LogP contribution is -2.26. The molecular formula is C4H5F7O6S2. The monoisotopic (exact) mass is 346 g/mol. The van der Waals surface area contributed by atoms with Gasteiger partial charge in [-0.05, 0) is 0 Å². The van der Waals surface area contributed by atoms with Gasteiger partial charge in [-0.3, -0.25) is 8.74 Å². The van der Waals surface area contributed by atoms with E-state index in [1.807, 2.05) is 0 Å². The second-order valence-corrected chi connectivity index (χ2v) is 5.35. The summed E-state index contributed by atoms with van der Waals surface area (Å²) in [5.74, 6) is 0. The molecule has 0 saturated carbocycles. The van der Waals surface area contributed by atoms with Crippen LogP contribution in [0.25, 0.3) is 0 Å². The molecule has 0 amide bonds. The van der Waals surface area contributed by atoms with Crippen LogP contribution in [-0.2, 0) is 24.4 Å². The van der Waals surface area contributed by atoms with Crippen molar-refractivity contribution in [3.8, 4) is 0 Å². The fourth-order valence-corrected chi connectivity index (χ4v) is 0.624. The van der Waals surface area contributed by atoms with Gasteiger partial charge in [0.15, 0.2) is 0 Å². The van der Waals surface area contributed by atoms with E-state index in [0.29, 0.717) is 0 Å². The third-order valence-corrected chi connectivity index (χ3v) is 2.52. The Balaban J connectivity index is 0. The average Bonchev–Trinajstić information content (AvgIpc) is 2.10. The van der Waals surface area contributed by atoms with Gasteiger partial charge in [0.25, 0.3) is 0 Å². The van der Waals surface area contributed by atoms with Gasteiger partial charge in [-0.1, -0.05) is 0 Å². The van der Waals surface area contributed by atoms with Gasteiger partial charge in [-0.25, -0.2) is 4.39 Å². The van der Waals surface area contributed by atoms with Gasteiger partial charge in [0.05, 0.1) is 6.61 Å². The van der Waals surface area contributed by atoms with Crippen molar-refractivity contribution in [3.63, 3.8) is 0 Å². The van der Waals surface area contributed by atoms with E-state index in [0.717, 1.165) is 0 Å². The van der Waals surface area contributed by atoms with E-state index in [4.69, 9.17) is 13.0 Å². The van der Waals surface area contributed by atoms with Gasteiger partial charge >= 0.3 is 31.3 Å². The van der Waals surface area contributed by atoms with Crippen LogP contribution in [0.5, 0.6) is 0 Å². The van der Waals surface area contributed by atoms with Crippen molar-refractivity contribution < 1.29 is 56.3 Å².